The minimum Gasteiger partial charge on any atom is -0.0998 e. The monoisotopic (exact) mass is 498 g/mol. The van der Waals surface area contributed by atoms with Crippen molar-refractivity contribution in [1.29, 1.82) is 0 Å². The topological polar surface area (TPSA) is 0 Å². The highest BCUT2D eigenvalue weighted by Crippen LogP contribution is 2.77. The molecule has 0 aliphatic heterocycles. The van der Waals surface area contributed by atoms with E-state index in [1.165, 1.54) is 74.5 Å². The first-order chi connectivity index (χ1) is 17.3. The third kappa shape index (κ3) is 3.32. The zero-order valence-corrected chi connectivity index (χ0v) is 25.3. The molecule has 4 saturated carbocycles. The SMILES string of the molecule is C=C(C)[C@@H]1CC[C@]2(C)CC[C@]3(C)[C@H](CC[C@@H]4[C@@]5(C)CC=C(c6ccc(C)cc6)C(C)(C)[C@@H]5CC[C@]43C)[C@@H]12. The first-order valence-corrected chi connectivity index (χ1v) is 15.7. The van der Waals surface area contributed by atoms with Crippen molar-refractivity contribution in [1.82, 2.24) is 0 Å². The molecule has 0 amide bonds. The Hall–Kier alpha value is -1.30. The Balaban J connectivity index is 1.38. The highest BCUT2D eigenvalue weighted by atomic mass is 14.7. The molecular weight excluding hydrogens is 444 g/mol. The fraction of sp³-hybridized carbons (Fsp3) is 0.730. The Labute approximate surface area is 228 Å². The van der Waals surface area contributed by atoms with Crippen LogP contribution >= 0.6 is 0 Å². The number of fused-ring (bicyclic) bond motifs is 7. The van der Waals surface area contributed by atoms with E-state index in [0.29, 0.717) is 21.7 Å². The maximum Gasteiger partial charge on any atom is -0.00671 e. The van der Waals surface area contributed by atoms with Gasteiger partial charge in [0.15, 0.2) is 0 Å². The zero-order valence-electron chi connectivity index (χ0n) is 25.3. The van der Waals surface area contributed by atoms with Gasteiger partial charge in [0.2, 0.25) is 0 Å². The van der Waals surface area contributed by atoms with Gasteiger partial charge in [0.25, 0.3) is 0 Å². The van der Waals surface area contributed by atoms with Crippen LogP contribution in [0.1, 0.15) is 117 Å². The predicted octanol–water partition coefficient (Wildman–Crippen LogP) is 10.7. The van der Waals surface area contributed by atoms with Gasteiger partial charge in [-0.3, -0.25) is 0 Å². The Bertz CT molecular complexity index is 1120. The molecule has 0 saturated heterocycles. The van der Waals surface area contributed by atoms with Gasteiger partial charge in [-0.05, 0) is 139 Å². The molecule has 0 bridgehead atoms. The van der Waals surface area contributed by atoms with E-state index in [4.69, 9.17) is 0 Å². The predicted molar refractivity (Wildman–Crippen MR) is 159 cm³/mol. The summed E-state index contributed by atoms with van der Waals surface area (Å²) in [6, 6.07) is 9.36. The minimum atomic E-state index is 0.225. The summed E-state index contributed by atoms with van der Waals surface area (Å²) < 4.78 is 0. The first kappa shape index (κ1) is 26.0. The van der Waals surface area contributed by atoms with Crippen LogP contribution in [0, 0.1) is 63.6 Å². The lowest BCUT2D eigenvalue weighted by Crippen LogP contribution is -2.65. The Morgan fingerprint density at radius 3 is 2.16 bits per heavy atom. The molecule has 202 valence electrons. The fourth-order valence-corrected chi connectivity index (χ4v) is 12.3. The molecule has 5 aliphatic carbocycles. The molecule has 0 aromatic heterocycles. The van der Waals surface area contributed by atoms with Crippen molar-refractivity contribution >= 4 is 5.57 Å². The van der Waals surface area contributed by atoms with Crippen molar-refractivity contribution in [3.8, 4) is 0 Å². The van der Waals surface area contributed by atoms with Gasteiger partial charge >= 0.3 is 0 Å². The highest BCUT2D eigenvalue weighted by Gasteiger charge is 2.69. The lowest BCUT2D eigenvalue weighted by Gasteiger charge is -2.72. The van der Waals surface area contributed by atoms with Crippen molar-refractivity contribution in [2.24, 2.45) is 56.7 Å². The van der Waals surface area contributed by atoms with Crippen molar-refractivity contribution in [2.75, 3.05) is 0 Å². The minimum absolute atomic E-state index is 0.225. The molecule has 0 unspecified atom stereocenters. The molecule has 4 fully saturated rings. The Morgan fingerprint density at radius 1 is 0.784 bits per heavy atom. The summed E-state index contributed by atoms with van der Waals surface area (Å²) in [5.41, 5.74) is 8.02. The molecule has 0 spiro atoms. The van der Waals surface area contributed by atoms with Crippen LogP contribution in [0.3, 0.4) is 0 Å². The van der Waals surface area contributed by atoms with Crippen LogP contribution in [0.2, 0.25) is 0 Å². The first-order valence-electron chi connectivity index (χ1n) is 15.7. The van der Waals surface area contributed by atoms with E-state index in [1.807, 2.05) is 0 Å². The normalized spacial score (nSPS) is 48.2. The molecule has 5 aliphatic rings. The molecular formula is C37H54. The maximum absolute atomic E-state index is 4.53. The number of benzene rings is 1. The molecule has 0 N–H and O–H groups in total. The lowest BCUT2D eigenvalue weighted by molar-refractivity contribution is -0.223. The van der Waals surface area contributed by atoms with E-state index in [0.717, 1.165) is 29.6 Å². The second kappa shape index (κ2) is 8.11. The molecule has 0 heterocycles. The second-order valence-corrected chi connectivity index (χ2v) is 16.2. The van der Waals surface area contributed by atoms with Crippen molar-refractivity contribution < 1.29 is 0 Å². The summed E-state index contributed by atoms with van der Waals surface area (Å²) in [4.78, 5) is 0. The molecule has 0 nitrogen and oxygen atoms in total. The Kier molecular flexibility index (Phi) is 5.69. The average molecular weight is 499 g/mol. The van der Waals surface area contributed by atoms with E-state index >= 15 is 0 Å². The van der Waals surface area contributed by atoms with Crippen LogP contribution in [0.15, 0.2) is 42.5 Å². The van der Waals surface area contributed by atoms with Gasteiger partial charge < -0.3 is 0 Å². The van der Waals surface area contributed by atoms with Gasteiger partial charge in [0, 0.05) is 0 Å². The number of hydrogen-bond donors (Lipinski definition) is 0. The van der Waals surface area contributed by atoms with Crippen molar-refractivity contribution in [2.45, 2.75) is 113 Å². The molecule has 9 atom stereocenters. The van der Waals surface area contributed by atoms with Crippen LogP contribution in [-0.4, -0.2) is 0 Å². The molecule has 6 rings (SSSR count). The van der Waals surface area contributed by atoms with E-state index in [1.54, 1.807) is 5.57 Å². The zero-order chi connectivity index (χ0) is 26.6. The van der Waals surface area contributed by atoms with Crippen LogP contribution in [0.4, 0.5) is 0 Å². The number of allylic oxidation sites excluding steroid dienone is 3. The standard InChI is InChI=1S/C37H54/c1-24(2)27-16-19-34(6)22-23-36(8)29(32(27)34)14-15-31-35(7)20-17-28(26-12-10-25(3)11-13-26)33(4,5)30(35)18-21-37(31,36)9/h10-13,17,27,29-32H,1,14-16,18-23H2,2-9H3/t27-,29+,30-,31+,32+,34+,35-,36+,37+/m0/s1. The summed E-state index contributed by atoms with van der Waals surface area (Å²) in [5, 5.41) is 0. The molecule has 1 aromatic carbocycles. The van der Waals surface area contributed by atoms with Crippen LogP contribution in [0.5, 0.6) is 0 Å². The number of hydrogen-bond acceptors (Lipinski definition) is 0. The van der Waals surface area contributed by atoms with Crippen molar-refractivity contribution in [3.05, 3.63) is 53.6 Å². The highest BCUT2D eigenvalue weighted by molar-refractivity contribution is 5.71. The molecule has 0 radical (unpaired) electrons. The van der Waals surface area contributed by atoms with Gasteiger partial charge in [0.1, 0.15) is 0 Å². The summed E-state index contributed by atoms with van der Waals surface area (Å²) >= 11 is 0. The van der Waals surface area contributed by atoms with E-state index in [9.17, 15) is 0 Å². The smallest absolute Gasteiger partial charge is 0.00671 e. The number of rotatable bonds is 2. The van der Waals surface area contributed by atoms with Gasteiger partial charge in [-0.1, -0.05) is 89.6 Å². The van der Waals surface area contributed by atoms with Crippen LogP contribution < -0.4 is 0 Å². The maximum atomic E-state index is 4.53. The van der Waals surface area contributed by atoms with Gasteiger partial charge in [-0.25, -0.2) is 0 Å². The molecule has 37 heavy (non-hydrogen) atoms. The largest absolute Gasteiger partial charge is 0.0998 e. The van der Waals surface area contributed by atoms with E-state index in [-0.39, 0.29) is 5.41 Å². The summed E-state index contributed by atoms with van der Waals surface area (Å²) in [6.45, 7) is 25.2. The summed E-state index contributed by atoms with van der Waals surface area (Å²) in [5.74, 6) is 4.11. The van der Waals surface area contributed by atoms with E-state index < -0.39 is 0 Å². The lowest BCUT2D eigenvalue weighted by atomic mass is 9.32. The van der Waals surface area contributed by atoms with Crippen LogP contribution in [0.25, 0.3) is 5.57 Å². The van der Waals surface area contributed by atoms with Gasteiger partial charge in [0.05, 0.1) is 0 Å². The van der Waals surface area contributed by atoms with Crippen LogP contribution in [-0.2, 0) is 0 Å². The average Bonchev–Trinajstić information content (AvgIpc) is 3.18. The number of aryl methyl sites for hydroxylation is 1. The van der Waals surface area contributed by atoms with Gasteiger partial charge in [-0.15, -0.1) is 0 Å². The third-order valence-corrected chi connectivity index (χ3v) is 14.4. The summed E-state index contributed by atoms with van der Waals surface area (Å²) in [7, 11) is 0. The van der Waals surface area contributed by atoms with Crippen molar-refractivity contribution in [3.63, 3.8) is 0 Å². The second-order valence-electron chi connectivity index (χ2n) is 16.2. The third-order valence-electron chi connectivity index (χ3n) is 14.4. The molecule has 1 aromatic rings. The summed E-state index contributed by atoms with van der Waals surface area (Å²) in [6.07, 6.45) is 15.4. The fourth-order valence-electron chi connectivity index (χ4n) is 12.3. The quantitative estimate of drug-likeness (QED) is 0.356. The van der Waals surface area contributed by atoms with Gasteiger partial charge in [-0.2, -0.15) is 0 Å². The molecule has 0 heteroatoms. The Morgan fingerprint density at radius 2 is 1.49 bits per heavy atom. The van der Waals surface area contributed by atoms with E-state index in [2.05, 4.69) is 92.3 Å².